The average Bonchev–Trinajstić information content (AvgIpc) is 2.67. The van der Waals surface area contributed by atoms with E-state index in [-0.39, 0.29) is 5.91 Å². The number of rotatable bonds is 7. The fourth-order valence-electron chi connectivity index (χ4n) is 3.37. The van der Waals surface area contributed by atoms with Gasteiger partial charge in [-0.05, 0) is 50.0 Å². The van der Waals surface area contributed by atoms with E-state index in [1.807, 2.05) is 37.3 Å². The molecule has 0 heterocycles. The average molecular weight is 337 g/mol. The minimum absolute atomic E-state index is 0.0214. The van der Waals surface area contributed by atoms with Crippen LogP contribution in [0.2, 0.25) is 0 Å². The summed E-state index contributed by atoms with van der Waals surface area (Å²) in [7, 11) is 0. The topological polar surface area (TPSA) is 38.3 Å². The van der Waals surface area contributed by atoms with Crippen LogP contribution in [0.1, 0.15) is 45.4 Å². The van der Waals surface area contributed by atoms with E-state index < -0.39 is 6.10 Å². The fourth-order valence-corrected chi connectivity index (χ4v) is 3.37. The normalized spacial score (nSPS) is 15.5. The van der Waals surface area contributed by atoms with Gasteiger partial charge in [-0.2, -0.15) is 0 Å². The Morgan fingerprint density at radius 1 is 1.16 bits per heavy atom. The van der Waals surface area contributed by atoms with Gasteiger partial charge in [-0.3, -0.25) is 4.79 Å². The number of hydrogen-bond donors (Lipinski definition) is 1. The number of ether oxygens (including phenoxy) is 1. The highest BCUT2D eigenvalue weighted by molar-refractivity contribution is 5.89. The molecule has 0 unspecified atom stereocenters. The number of allylic oxidation sites excluding steroid dienone is 1. The highest BCUT2D eigenvalue weighted by Gasteiger charge is 2.19. The number of benzene rings is 2. The lowest BCUT2D eigenvalue weighted by Crippen LogP contribution is -2.38. The molecule has 1 aliphatic rings. The first-order valence-corrected chi connectivity index (χ1v) is 9.38. The second kappa shape index (κ2) is 8.70. The monoisotopic (exact) mass is 337 g/mol. The van der Waals surface area contributed by atoms with Crippen LogP contribution in [0.4, 0.5) is 0 Å². The van der Waals surface area contributed by atoms with E-state index in [0.717, 1.165) is 22.9 Å². The van der Waals surface area contributed by atoms with Gasteiger partial charge in [0.05, 0.1) is 0 Å². The van der Waals surface area contributed by atoms with Gasteiger partial charge in [0, 0.05) is 11.9 Å². The first-order valence-electron chi connectivity index (χ1n) is 9.38. The Labute approximate surface area is 150 Å². The Bertz CT molecular complexity index is 745. The van der Waals surface area contributed by atoms with Crippen molar-refractivity contribution in [2.24, 2.45) is 0 Å². The third kappa shape index (κ3) is 4.62. The lowest BCUT2D eigenvalue weighted by Gasteiger charge is -2.19. The molecule has 132 valence electrons. The molecule has 2 aromatic carbocycles. The van der Waals surface area contributed by atoms with Crippen molar-refractivity contribution >= 4 is 16.7 Å². The van der Waals surface area contributed by atoms with E-state index in [1.54, 1.807) is 0 Å². The van der Waals surface area contributed by atoms with Crippen LogP contribution in [0.25, 0.3) is 10.8 Å². The van der Waals surface area contributed by atoms with Gasteiger partial charge in [0.25, 0.3) is 5.91 Å². The summed E-state index contributed by atoms with van der Waals surface area (Å²) in [5.41, 5.74) is 1.48. The summed E-state index contributed by atoms with van der Waals surface area (Å²) in [4.78, 5) is 12.5. The molecule has 2 aromatic rings. The molecule has 0 saturated heterocycles. The molecule has 1 aliphatic carbocycles. The lowest BCUT2D eigenvalue weighted by molar-refractivity contribution is -0.128. The molecule has 1 N–H and O–H groups in total. The van der Waals surface area contributed by atoms with Crippen molar-refractivity contribution in [3.8, 4) is 5.75 Å². The van der Waals surface area contributed by atoms with Gasteiger partial charge < -0.3 is 10.1 Å². The molecule has 0 spiro atoms. The lowest BCUT2D eigenvalue weighted by atomic mass is 9.97. The Balaban J connectivity index is 1.59. The van der Waals surface area contributed by atoms with Gasteiger partial charge in [-0.25, -0.2) is 0 Å². The van der Waals surface area contributed by atoms with Crippen LogP contribution in [0.5, 0.6) is 5.75 Å². The molecule has 3 nitrogen and oxygen atoms in total. The molecule has 0 radical (unpaired) electrons. The summed E-state index contributed by atoms with van der Waals surface area (Å²) >= 11 is 0. The van der Waals surface area contributed by atoms with E-state index in [9.17, 15) is 4.79 Å². The van der Waals surface area contributed by atoms with Crippen molar-refractivity contribution in [1.82, 2.24) is 5.32 Å². The van der Waals surface area contributed by atoms with Crippen molar-refractivity contribution in [1.29, 1.82) is 0 Å². The van der Waals surface area contributed by atoms with Crippen LogP contribution in [-0.4, -0.2) is 18.6 Å². The largest absolute Gasteiger partial charge is 0.480 e. The molecule has 0 aromatic heterocycles. The Hall–Kier alpha value is -2.29. The highest BCUT2D eigenvalue weighted by Crippen LogP contribution is 2.26. The molecule has 0 saturated carbocycles. The quantitative estimate of drug-likeness (QED) is 0.722. The fraction of sp³-hybridized carbons (Fsp3) is 0.409. The zero-order chi connectivity index (χ0) is 17.5. The third-order valence-electron chi connectivity index (χ3n) is 4.81. The van der Waals surface area contributed by atoms with E-state index in [0.29, 0.717) is 13.0 Å². The molecule has 1 amide bonds. The molecule has 0 bridgehead atoms. The van der Waals surface area contributed by atoms with E-state index in [2.05, 4.69) is 23.5 Å². The molecule has 0 aliphatic heterocycles. The van der Waals surface area contributed by atoms with Crippen LogP contribution in [0, 0.1) is 0 Å². The van der Waals surface area contributed by atoms with Gasteiger partial charge in [0.15, 0.2) is 6.10 Å². The van der Waals surface area contributed by atoms with Crippen molar-refractivity contribution in [3.63, 3.8) is 0 Å². The summed E-state index contributed by atoms with van der Waals surface area (Å²) in [6, 6.07) is 14.1. The zero-order valence-electron chi connectivity index (χ0n) is 15.0. The summed E-state index contributed by atoms with van der Waals surface area (Å²) in [5, 5.41) is 5.21. The Morgan fingerprint density at radius 3 is 2.80 bits per heavy atom. The van der Waals surface area contributed by atoms with Crippen molar-refractivity contribution < 1.29 is 9.53 Å². The Morgan fingerprint density at radius 2 is 2.00 bits per heavy atom. The molecular weight excluding hydrogens is 310 g/mol. The first-order chi connectivity index (χ1) is 12.3. The van der Waals surface area contributed by atoms with Gasteiger partial charge >= 0.3 is 0 Å². The predicted molar refractivity (Wildman–Crippen MR) is 103 cm³/mol. The van der Waals surface area contributed by atoms with E-state index in [1.165, 1.54) is 31.3 Å². The molecular formula is C22H27NO2. The smallest absolute Gasteiger partial charge is 0.261 e. The van der Waals surface area contributed by atoms with Crippen molar-refractivity contribution in [2.45, 2.75) is 51.6 Å². The molecule has 3 heteroatoms. The predicted octanol–water partition coefficient (Wildman–Crippen LogP) is 5.00. The molecule has 3 rings (SSSR count). The standard InChI is InChI=1S/C22H27NO2/c1-2-20(22(24)23-16-15-17-9-4-3-5-10-17)25-21-14-8-12-18-11-6-7-13-19(18)21/h6-9,11-14,20H,2-5,10,15-16H2,1H3,(H,23,24)/t20-/m1/s1. The van der Waals surface area contributed by atoms with Crippen LogP contribution < -0.4 is 10.1 Å². The maximum atomic E-state index is 12.5. The minimum atomic E-state index is -0.453. The van der Waals surface area contributed by atoms with E-state index >= 15 is 0 Å². The van der Waals surface area contributed by atoms with Crippen molar-refractivity contribution in [2.75, 3.05) is 6.54 Å². The van der Waals surface area contributed by atoms with Crippen LogP contribution in [0.15, 0.2) is 54.1 Å². The zero-order valence-corrected chi connectivity index (χ0v) is 15.0. The summed E-state index contributed by atoms with van der Waals surface area (Å²) in [6.45, 7) is 2.68. The molecule has 0 fully saturated rings. The van der Waals surface area contributed by atoms with Gasteiger partial charge in [0.2, 0.25) is 0 Å². The number of amides is 1. The van der Waals surface area contributed by atoms with Crippen molar-refractivity contribution in [3.05, 3.63) is 54.1 Å². The maximum Gasteiger partial charge on any atom is 0.261 e. The number of fused-ring (bicyclic) bond motifs is 1. The van der Waals surface area contributed by atoms with Gasteiger partial charge in [-0.1, -0.05) is 55.0 Å². The van der Waals surface area contributed by atoms with E-state index in [4.69, 9.17) is 4.74 Å². The number of carbonyl (C=O) groups is 1. The maximum absolute atomic E-state index is 12.5. The number of hydrogen-bond acceptors (Lipinski definition) is 2. The van der Waals surface area contributed by atoms with Crippen LogP contribution >= 0.6 is 0 Å². The highest BCUT2D eigenvalue weighted by atomic mass is 16.5. The van der Waals surface area contributed by atoms with Gasteiger partial charge in [-0.15, -0.1) is 0 Å². The molecule has 25 heavy (non-hydrogen) atoms. The third-order valence-corrected chi connectivity index (χ3v) is 4.81. The Kier molecular flexibility index (Phi) is 6.10. The summed E-state index contributed by atoms with van der Waals surface area (Å²) in [6.07, 6.45) is 8.43. The summed E-state index contributed by atoms with van der Waals surface area (Å²) < 4.78 is 6.05. The first kappa shape index (κ1) is 17.5. The minimum Gasteiger partial charge on any atom is -0.480 e. The number of nitrogens with one attached hydrogen (secondary N) is 1. The second-order valence-corrected chi connectivity index (χ2v) is 6.64. The van der Waals surface area contributed by atoms with Crippen LogP contribution in [0.3, 0.4) is 0 Å². The van der Waals surface area contributed by atoms with Gasteiger partial charge in [0.1, 0.15) is 5.75 Å². The second-order valence-electron chi connectivity index (χ2n) is 6.64. The summed E-state index contributed by atoms with van der Waals surface area (Å²) in [5.74, 6) is 0.752. The van der Waals surface area contributed by atoms with Crippen LogP contribution in [-0.2, 0) is 4.79 Å². The SMILES string of the molecule is CC[C@@H](Oc1cccc2ccccc12)C(=O)NCCC1=CCCCC1. The number of carbonyl (C=O) groups excluding carboxylic acids is 1. The molecule has 1 atom stereocenters.